The molecule has 2 N–H and O–H groups in total. The lowest BCUT2D eigenvalue weighted by Crippen LogP contribution is -2.24. The first-order valence-electron chi connectivity index (χ1n) is 11.8. The number of hydrogen-bond donors (Lipinski definition) is 2. The Morgan fingerprint density at radius 3 is 2.36 bits per heavy atom. The van der Waals surface area contributed by atoms with Gasteiger partial charge in [0.15, 0.2) is 0 Å². The lowest BCUT2D eigenvalue weighted by molar-refractivity contribution is -0.115. The molecule has 39 heavy (non-hydrogen) atoms. The summed E-state index contributed by atoms with van der Waals surface area (Å²) in [4.78, 5) is 12.7. The third-order valence-electron chi connectivity index (χ3n) is 5.95. The highest BCUT2D eigenvalue weighted by Crippen LogP contribution is 2.32. The third-order valence-corrected chi connectivity index (χ3v) is 7.99. The lowest BCUT2D eigenvalue weighted by Gasteiger charge is -2.16. The van der Waals surface area contributed by atoms with E-state index in [0.717, 1.165) is 0 Å². The number of rotatable bonds is 10. The molecule has 0 aliphatic rings. The first kappa shape index (κ1) is 28.4. The molecule has 10 heteroatoms. The van der Waals surface area contributed by atoms with Crippen molar-refractivity contribution >= 4 is 44.8 Å². The van der Waals surface area contributed by atoms with Gasteiger partial charge in [0.05, 0.1) is 25.5 Å². The number of anilines is 1. The Hall–Kier alpha value is -3.56. The van der Waals surface area contributed by atoms with Gasteiger partial charge in [-0.3, -0.25) is 4.79 Å². The van der Waals surface area contributed by atoms with Crippen LogP contribution in [-0.2, 0) is 27.8 Å². The summed E-state index contributed by atoms with van der Waals surface area (Å²) in [6.45, 7) is -0.0341. The zero-order chi connectivity index (χ0) is 28.0. The van der Waals surface area contributed by atoms with Gasteiger partial charge in [0, 0.05) is 39.5 Å². The average Bonchev–Trinajstić information content (AvgIpc) is 2.93. The summed E-state index contributed by atoms with van der Waals surface area (Å²) in [5, 5.41) is 3.71. The fraction of sp³-hybridized carbons (Fsp3) is 0.138. The average molecular weight is 586 g/mol. The maximum absolute atomic E-state index is 13.6. The van der Waals surface area contributed by atoms with Gasteiger partial charge in [-0.05, 0) is 47.5 Å². The SMILES string of the molecule is COc1ccc(CNS(=O)(=O)c2cc(NC(=O)Cc3ccccc3Cl)ccc2-c2cccc(Cl)c2)c(OC)c1. The molecule has 0 heterocycles. The van der Waals surface area contributed by atoms with Crippen molar-refractivity contribution in [2.24, 2.45) is 0 Å². The Balaban J connectivity index is 1.66. The molecule has 1 amide bonds. The van der Waals surface area contributed by atoms with Crippen LogP contribution in [0.1, 0.15) is 11.1 Å². The molecule has 0 aromatic heterocycles. The molecular formula is C29H26Cl2N2O5S. The van der Waals surface area contributed by atoms with E-state index >= 15 is 0 Å². The van der Waals surface area contributed by atoms with Crippen LogP contribution >= 0.6 is 23.2 Å². The quantitative estimate of drug-likeness (QED) is 0.227. The minimum atomic E-state index is -4.07. The summed E-state index contributed by atoms with van der Waals surface area (Å²) in [6.07, 6.45) is 0.0350. The van der Waals surface area contributed by atoms with Crippen LogP contribution in [0.2, 0.25) is 10.0 Å². The summed E-state index contributed by atoms with van der Waals surface area (Å²) in [6, 6.07) is 23.8. The maximum Gasteiger partial charge on any atom is 0.241 e. The van der Waals surface area contributed by atoms with Crippen LogP contribution in [0, 0.1) is 0 Å². The molecular weight excluding hydrogens is 559 g/mol. The predicted octanol–water partition coefficient (Wildman–Crippen LogP) is 6.34. The molecule has 0 aliphatic heterocycles. The number of benzene rings is 4. The van der Waals surface area contributed by atoms with E-state index in [1.54, 1.807) is 78.9 Å². The van der Waals surface area contributed by atoms with Gasteiger partial charge in [0.25, 0.3) is 0 Å². The van der Waals surface area contributed by atoms with Gasteiger partial charge in [-0.1, -0.05) is 65.7 Å². The Morgan fingerprint density at radius 2 is 1.64 bits per heavy atom. The van der Waals surface area contributed by atoms with E-state index in [4.69, 9.17) is 32.7 Å². The van der Waals surface area contributed by atoms with E-state index < -0.39 is 10.0 Å². The molecule has 0 spiro atoms. The molecule has 202 valence electrons. The Morgan fingerprint density at radius 1 is 0.846 bits per heavy atom. The summed E-state index contributed by atoms with van der Waals surface area (Å²) in [5.74, 6) is 0.729. The Labute approximate surface area is 237 Å². The third kappa shape index (κ3) is 7.10. The molecule has 0 aliphatic carbocycles. The maximum atomic E-state index is 13.6. The fourth-order valence-corrected chi connectivity index (χ4v) is 5.64. The molecule has 0 saturated carbocycles. The van der Waals surface area contributed by atoms with E-state index in [2.05, 4.69) is 10.0 Å². The van der Waals surface area contributed by atoms with Gasteiger partial charge < -0.3 is 14.8 Å². The van der Waals surface area contributed by atoms with Gasteiger partial charge >= 0.3 is 0 Å². The minimum absolute atomic E-state index is 0.0206. The van der Waals surface area contributed by atoms with Crippen LogP contribution in [0.3, 0.4) is 0 Å². The molecule has 4 rings (SSSR count). The molecule has 0 unspecified atom stereocenters. The number of ether oxygens (including phenoxy) is 2. The van der Waals surface area contributed by atoms with Crippen LogP contribution in [0.25, 0.3) is 11.1 Å². The molecule has 0 atom stereocenters. The number of sulfonamides is 1. The van der Waals surface area contributed by atoms with E-state index in [1.807, 2.05) is 0 Å². The number of carbonyl (C=O) groups is 1. The summed E-state index contributed by atoms with van der Waals surface area (Å²) < 4.78 is 40.5. The zero-order valence-electron chi connectivity index (χ0n) is 21.2. The second-order valence-electron chi connectivity index (χ2n) is 8.54. The molecule has 0 bridgehead atoms. The number of amides is 1. The van der Waals surface area contributed by atoms with Crippen molar-refractivity contribution in [3.8, 4) is 22.6 Å². The molecule has 4 aromatic carbocycles. The standard InChI is InChI=1S/C29H26Cl2N2O5S/c1-37-24-12-10-21(27(17-24)38-2)18-32-39(35,36)28-16-23(11-13-25(28)19-7-5-8-22(30)14-19)33-29(34)15-20-6-3-4-9-26(20)31/h3-14,16-17,32H,15,18H2,1-2H3,(H,33,34). The summed E-state index contributed by atoms with van der Waals surface area (Å²) in [5.41, 5.74) is 2.64. The van der Waals surface area contributed by atoms with Crippen molar-refractivity contribution in [1.29, 1.82) is 0 Å². The smallest absolute Gasteiger partial charge is 0.241 e. The number of carbonyl (C=O) groups excluding carboxylic acids is 1. The van der Waals surface area contributed by atoms with E-state index in [-0.39, 0.29) is 23.8 Å². The van der Waals surface area contributed by atoms with E-state index in [1.165, 1.54) is 20.3 Å². The Bertz CT molecular complexity index is 1610. The largest absolute Gasteiger partial charge is 0.497 e. The highest BCUT2D eigenvalue weighted by atomic mass is 35.5. The van der Waals surface area contributed by atoms with Crippen LogP contribution in [0.15, 0.2) is 89.8 Å². The van der Waals surface area contributed by atoms with Crippen LogP contribution in [-0.4, -0.2) is 28.5 Å². The van der Waals surface area contributed by atoms with Gasteiger partial charge in [-0.2, -0.15) is 0 Å². The fourth-order valence-electron chi connectivity index (χ4n) is 3.99. The molecule has 4 aromatic rings. The zero-order valence-corrected chi connectivity index (χ0v) is 23.5. The monoisotopic (exact) mass is 584 g/mol. The van der Waals surface area contributed by atoms with E-state index in [0.29, 0.717) is 49.5 Å². The van der Waals surface area contributed by atoms with Gasteiger partial charge in [0.1, 0.15) is 11.5 Å². The normalized spacial score (nSPS) is 11.2. The van der Waals surface area contributed by atoms with Crippen LogP contribution in [0.4, 0.5) is 5.69 Å². The first-order valence-corrected chi connectivity index (χ1v) is 14.1. The summed E-state index contributed by atoms with van der Waals surface area (Å²) in [7, 11) is -1.03. The van der Waals surface area contributed by atoms with Crippen molar-refractivity contribution in [3.05, 3.63) is 106 Å². The molecule has 7 nitrogen and oxygen atoms in total. The second kappa shape index (κ2) is 12.5. The van der Waals surface area contributed by atoms with Crippen LogP contribution < -0.4 is 19.5 Å². The number of nitrogens with one attached hydrogen (secondary N) is 2. The summed E-state index contributed by atoms with van der Waals surface area (Å²) >= 11 is 12.4. The number of hydrogen-bond acceptors (Lipinski definition) is 5. The van der Waals surface area contributed by atoms with Gasteiger partial charge in [0.2, 0.25) is 15.9 Å². The van der Waals surface area contributed by atoms with Gasteiger partial charge in [-0.15, -0.1) is 0 Å². The van der Waals surface area contributed by atoms with Crippen molar-refractivity contribution in [2.45, 2.75) is 17.9 Å². The van der Waals surface area contributed by atoms with Crippen molar-refractivity contribution in [1.82, 2.24) is 4.72 Å². The molecule has 0 saturated heterocycles. The lowest BCUT2D eigenvalue weighted by atomic mass is 10.1. The first-order chi connectivity index (χ1) is 18.7. The minimum Gasteiger partial charge on any atom is -0.497 e. The Kier molecular flexibility index (Phi) is 9.14. The predicted molar refractivity (Wildman–Crippen MR) is 154 cm³/mol. The highest BCUT2D eigenvalue weighted by molar-refractivity contribution is 7.89. The van der Waals surface area contributed by atoms with Gasteiger partial charge in [-0.25, -0.2) is 13.1 Å². The second-order valence-corrected chi connectivity index (χ2v) is 11.1. The van der Waals surface area contributed by atoms with Crippen molar-refractivity contribution < 1.29 is 22.7 Å². The number of methoxy groups -OCH3 is 2. The molecule has 0 radical (unpaired) electrons. The number of halogens is 2. The molecule has 0 fully saturated rings. The van der Waals surface area contributed by atoms with Crippen molar-refractivity contribution in [2.75, 3.05) is 19.5 Å². The van der Waals surface area contributed by atoms with E-state index in [9.17, 15) is 13.2 Å². The van der Waals surface area contributed by atoms with Crippen LogP contribution in [0.5, 0.6) is 11.5 Å². The van der Waals surface area contributed by atoms with Crippen molar-refractivity contribution in [3.63, 3.8) is 0 Å². The topological polar surface area (TPSA) is 93.7 Å². The highest BCUT2D eigenvalue weighted by Gasteiger charge is 2.22.